The van der Waals surface area contributed by atoms with Gasteiger partial charge in [0, 0.05) is 30.6 Å². The van der Waals surface area contributed by atoms with Crippen LogP contribution in [-0.4, -0.2) is 36.2 Å². The second-order valence-corrected chi connectivity index (χ2v) is 6.11. The highest BCUT2D eigenvalue weighted by molar-refractivity contribution is 5.37. The number of rotatable bonds is 3. The van der Waals surface area contributed by atoms with Crippen LogP contribution < -0.4 is 10.5 Å². The number of nitrogens with two attached hydrogens (primary N) is 1. The summed E-state index contributed by atoms with van der Waals surface area (Å²) in [5.74, 6) is 0.658. The molecule has 110 valence electrons. The van der Waals surface area contributed by atoms with Crippen molar-refractivity contribution in [2.45, 2.75) is 50.8 Å². The van der Waals surface area contributed by atoms with Crippen molar-refractivity contribution in [1.82, 2.24) is 4.90 Å². The number of ether oxygens (including phenoxy) is 1. The molecule has 1 aromatic carbocycles. The van der Waals surface area contributed by atoms with Gasteiger partial charge in [0.2, 0.25) is 0 Å². The molecule has 3 rings (SSSR count). The topological polar surface area (TPSA) is 38.5 Å². The third kappa shape index (κ3) is 2.81. The molecule has 3 atom stereocenters. The van der Waals surface area contributed by atoms with Crippen molar-refractivity contribution in [3.8, 4) is 5.75 Å². The van der Waals surface area contributed by atoms with E-state index in [1.165, 1.54) is 25.3 Å². The molecule has 0 aromatic heterocycles. The van der Waals surface area contributed by atoms with E-state index < -0.39 is 0 Å². The van der Waals surface area contributed by atoms with E-state index in [0.717, 1.165) is 30.8 Å². The molecule has 0 aliphatic carbocycles. The fourth-order valence-electron chi connectivity index (χ4n) is 3.49. The lowest BCUT2D eigenvalue weighted by Gasteiger charge is -2.39. The van der Waals surface area contributed by atoms with E-state index in [2.05, 4.69) is 11.8 Å². The lowest BCUT2D eigenvalue weighted by molar-refractivity contribution is 0.0803. The summed E-state index contributed by atoms with van der Waals surface area (Å²) in [6, 6.07) is 5.44. The van der Waals surface area contributed by atoms with E-state index in [1.54, 1.807) is 12.1 Å². The molecule has 4 heteroatoms. The molecule has 0 saturated carbocycles. The highest BCUT2D eigenvalue weighted by Crippen LogP contribution is 2.30. The normalized spacial score (nSPS) is 27.9. The first-order valence-electron chi connectivity index (χ1n) is 7.58. The van der Waals surface area contributed by atoms with Crippen LogP contribution >= 0.6 is 0 Å². The van der Waals surface area contributed by atoms with Crippen molar-refractivity contribution in [1.29, 1.82) is 0 Å². The van der Waals surface area contributed by atoms with E-state index in [1.807, 2.05) is 0 Å². The van der Waals surface area contributed by atoms with Gasteiger partial charge in [0.15, 0.2) is 0 Å². The summed E-state index contributed by atoms with van der Waals surface area (Å²) in [6.07, 6.45) is 4.60. The summed E-state index contributed by atoms with van der Waals surface area (Å²) in [4.78, 5) is 2.46. The molecular formula is C16H23FN2O. The van der Waals surface area contributed by atoms with Gasteiger partial charge in [-0.2, -0.15) is 0 Å². The maximum atomic E-state index is 13.2. The largest absolute Gasteiger partial charge is 0.488 e. The van der Waals surface area contributed by atoms with Crippen molar-refractivity contribution in [2.75, 3.05) is 13.1 Å². The Kier molecular flexibility index (Phi) is 3.94. The number of likely N-dealkylation sites (tertiary alicyclic amines) is 1. The molecule has 1 aromatic rings. The van der Waals surface area contributed by atoms with Crippen LogP contribution in [-0.2, 0) is 6.42 Å². The second-order valence-electron chi connectivity index (χ2n) is 6.11. The minimum atomic E-state index is -0.181. The van der Waals surface area contributed by atoms with Crippen molar-refractivity contribution in [2.24, 2.45) is 5.73 Å². The van der Waals surface area contributed by atoms with Crippen molar-refractivity contribution < 1.29 is 9.13 Å². The zero-order valence-corrected chi connectivity index (χ0v) is 12.0. The Morgan fingerprint density at radius 2 is 2.30 bits per heavy atom. The number of fused-ring (bicyclic) bond motifs is 1. The first-order valence-corrected chi connectivity index (χ1v) is 7.58. The molecule has 2 aliphatic heterocycles. The van der Waals surface area contributed by atoms with Crippen LogP contribution in [0.2, 0.25) is 0 Å². The van der Waals surface area contributed by atoms with Gasteiger partial charge >= 0.3 is 0 Å². The van der Waals surface area contributed by atoms with E-state index in [9.17, 15) is 4.39 Å². The molecule has 3 nitrogen and oxygen atoms in total. The van der Waals surface area contributed by atoms with Gasteiger partial charge in [-0.25, -0.2) is 4.39 Å². The Morgan fingerprint density at radius 3 is 3.10 bits per heavy atom. The first kappa shape index (κ1) is 13.8. The lowest BCUT2D eigenvalue weighted by Crippen LogP contribution is -2.51. The van der Waals surface area contributed by atoms with Gasteiger partial charge in [0.05, 0.1) is 0 Å². The fourth-order valence-corrected chi connectivity index (χ4v) is 3.49. The molecule has 1 saturated heterocycles. The zero-order chi connectivity index (χ0) is 14.1. The van der Waals surface area contributed by atoms with Crippen LogP contribution in [0.1, 0.15) is 31.7 Å². The monoisotopic (exact) mass is 278 g/mol. The number of benzene rings is 1. The number of nitrogens with zero attached hydrogens (tertiary/aromatic N) is 1. The summed E-state index contributed by atoms with van der Waals surface area (Å²) in [6.45, 7) is 4.07. The maximum absolute atomic E-state index is 13.2. The van der Waals surface area contributed by atoms with E-state index >= 15 is 0 Å². The van der Waals surface area contributed by atoms with Crippen LogP contribution in [0.3, 0.4) is 0 Å². The maximum Gasteiger partial charge on any atom is 0.123 e. The van der Waals surface area contributed by atoms with Crippen LogP contribution in [0, 0.1) is 5.82 Å². The Morgan fingerprint density at radius 1 is 1.45 bits per heavy atom. The quantitative estimate of drug-likeness (QED) is 0.922. The van der Waals surface area contributed by atoms with Crippen molar-refractivity contribution in [3.05, 3.63) is 29.6 Å². The van der Waals surface area contributed by atoms with Gasteiger partial charge in [-0.15, -0.1) is 0 Å². The summed E-state index contributed by atoms with van der Waals surface area (Å²) in [5, 5.41) is 0. The van der Waals surface area contributed by atoms with E-state index in [-0.39, 0.29) is 18.0 Å². The molecule has 2 heterocycles. The standard InChI is InChI=1S/C16H23FN2O/c1-11(18)15-4-2-3-7-19(15)10-14-9-12-8-13(17)5-6-16(12)20-14/h5-6,8,11,14-15H,2-4,7,9-10,18H2,1H3. The summed E-state index contributed by atoms with van der Waals surface area (Å²) < 4.78 is 19.2. The minimum absolute atomic E-state index is 0.131. The van der Waals surface area contributed by atoms with Gasteiger partial charge in [-0.05, 0) is 44.5 Å². The van der Waals surface area contributed by atoms with Gasteiger partial charge < -0.3 is 10.5 Å². The Labute approximate surface area is 119 Å². The fraction of sp³-hybridized carbons (Fsp3) is 0.625. The average Bonchev–Trinajstić information content (AvgIpc) is 2.80. The molecule has 2 aliphatic rings. The van der Waals surface area contributed by atoms with Crippen LogP contribution in [0.15, 0.2) is 18.2 Å². The van der Waals surface area contributed by atoms with Gasteiger partial charge in [-0.1, -0.05) is 6.42 Å². The third-order valence-corrected chi connectivity index (χ3v) is 4.47. The molecule has 20 heavy (non-hydrogen) atoms. The SMILES string of the molecule is CC(N)C1CCCCN1CC1Cc2cc(F)ccc2O1. The summed E-state index contributed by atoms with van der Waals surface area (Å²) in [7, 11) is 0. The van der Waals surface area contributed by atoms with Crippen LogP contribution in [0.5, 0.6) is 5.75 Å². The average molecular weight is 278 g/mol. The van der Waals surface area contributed by atoms with Gasteiger partial charge in [0.1, 0.15) is 17.7 Å². The number of hydrogen-bond donors (Lipinski definition) is 1. The second kappa shape index (κ2) is 5.70. The molecule has 1 fully saturated rings. The predicted octanol–water partition coefficient (Wildman–Crippen LogP) is 2.33. The molecule has 0 radical (unpaired) electrons. The molecule has 2 N–H and O–H groups in total. The lowest BCUT2D eigenvalue weighted by atomic mass is 9.96. The van der Waals surface area contributed by atoms with E-state index in [0.29, 0.717) is 6.04 Å². The molecule has 3 unspecified atom stereocenters. The molecule has 0 bridgehead atoms. The molecule has 0 spiro atoms. The Bertz CT molecular complexity index is 478. The highest BCUT2D eigenvalue weighted by Gasteiger charge is 2.31. The highest BCUT2D eigenvalue weighted by atomic mass is 19.1. The van der Waals surface area contributed by atoms with Crippen LogP contribution in [0.25, 0.3) is 0 Å². The van der Waals surface area contributed by atoms with Gasteiger partial charge in [-0.3, -0.25) is 4.90 Å². The minimum Gasteiger partial charge on any atom is -0.488 e. The Balaban J connectivity index is 1.64. The van der Waals surface area contributed by atoms with Crippen molar-refractivity contribution >= 4 is 0 Å². The van der Waals surface area contributed by atoms with Crippen LogP contribution in [0.4, 0.5) is 4.39 Å². The molecule has 0 amide bonds. The number of hydrogen-bond acceptors (Lipinski definition) is 3. The van der Waals surface area contributed by atoms with Gasteiger partial charge in [0.25, 0.3) is 0 Å². The molecular weight excluding hydrogens is 255 g/mol. The van der Waals surface area contributed by atoms with E-state index in [4.69, 9.17) is 10.5 Å². The predicted molar refractivity (Wildman–Crippen MR) is 77.4 cm³/mol. The summed E-state index contributed by atoms with van der Waals surface area (Å²) >= 11 is 0. The summed E-state index contributed by atoms with van der Waals surface area (Å²) in [5.41, 5.74) is 7.09. The zero-order valence-electron chi connectivity index (χ0n) is 12.0. The Hall–Kier alpha value is -1.13. The third-order valence-electron chi connectivity index (χ3n) is 4.47. The smallest absolute Gasteiger partial charge is 0.123 e. The van der Waals surface area contributed by atoms with Crippen molar-refractivity contribution in [3.63, 3.8) is 0 Å². The first-order chi connectivity index (χ1) is 9.63. The number of piperidine rings is 1. The number of halogens is 1.